The molecule has 0 amide bonds. The maximum atomic E-state index is 9.59. The van der Waals surface area contributed by atoms with Crippen LogP contribution in [-0.4, -0.2) is 36.0 Å². The maximum absolute atomic E-state index is 9.59. The summed E-state index contributed by atoms with van der Waals surface area (Å²) in [5.41, 5.74) is 3.62. The third-order valence-corrected chi connectivity index (χ3v) is 5.40. The van der Waals surface area contributed by atoms with Crippen molar-refractivity contribution in [3.8, 4) is 0 Å². The zero-order chi connectivity index (χ0) is 14.6. The quantitative estimate of drug-likeness (QED) is 0.880. The van der Waals surface area contributed by atoms with Crippen molar-refractivity contribution in [1.29, 1.82) is 0 Å². The van der Waals surface area contributed by atoms with Crippen molar-refractivity contribution >= 4 is 10.9 Å². The van der Waals surface area contributed by atoms with Gasteiger partial charge in [-0.25, -0.2) is 0 Å². The molecule has 4 nitrogen and oxygen atoms in total. The Morgan fingerprint density at radius 3 is 3.10 bits per heavy atom. The highest BCUT2D eigenvalue weighted by Crippen LogP contribution is 2.47. The number of rotatable bonds is 2. The molecule has 2 aromatic rings. The van der Waals surface area contributed by atoms with Gasteiger partial charge in [0, 0.05) is 50.5 Å². The van der Waals surface area contributed by atoms with E-state index < -0.39 is 0 Å². The SMILES string of the molecule is CO[C@]12CC(CO)CN[C@@H]1Cc1cn(C)c3cccc2c13. The molecule has 1 unspecified atom stereocenters. The van der Waals surface area contributed by atoms with Crippen LogP contribution in [0.1, 0.15) is 17.5 Å². The Kier molecular flexibility index (Phi) is 2.89. The molecule has 21 heavy (non-hydrogen) atoms. The molecule has 0 radical (unpaired) electrons. The van der Waals surface area contributed by atoms with Crippen LogP contribution >= 0.6 is 0 Å². The van der Waals surface area contributed by atoms with Crippen LogP contribution in [0.5, 0.6) is 0 Å². The molecule has 2 heterocycles. The molecule has 0 bridgehead atoms. The van der Waals surface area contributed by atoms with Gasteiger partial charge >= 0.3 is 0 Å². The van der Waals surface area contributed by atoms with Crippen LogP contribution in [0.2, 0.25) is 0 Å². The Balaban J connectivity index is 1.96. The van der Waals surface area contributed by atoms with E-state index in [9.17, 15) is 5.11 Å². The second-order valence-electron chi connectivity index (χ2n) is 6.48. The van der Waals surface area contributed by atoms with Crippen molar-refractivity contribution in [1.82, 2.24) is 9.88 Å². The van der Waals surface area contributed by atoms with Crippen LogP contribution in [0.25, 0.3) is 10.9 Å². The molecule has 1 aliphatic carbocycles. The molecule has 1 aromatic carbocycles. The van der Waals surface area contributed by atoms with Crippen LogP contribution in [-0.2, 0) is 23.8 Å². The van der Waals surface area contributed by atoms with Gasteiger partial charge in [0.05, 0.1) is 0 Å². The number of fused-ring (bicyclic) bond motifs is 2. The molecule has 1 fully saturated rings. The average molecular weight is 286 g/mol. The fourth-order valence-corrected chi connectivity index (χ4v) is 4.38. The average Bonchev–Trinajstić information content (AvgIpc) is 2.85. The zero-order valence-electron chi connectivity index (χ0n) is 12.6. The molecule has 1 saturated heterocycles. The lowest BCUT2D eigenvalue weighted by Gasteiger charge is -2.49. The summed E-state index contributed by atoms with van der Waals surface area (Å²) < 4.78 is 8.29. The van der Waals surface area contributed by atoms with Gasteiger partial charge in [0.15, 0.2) is 0 Å². The molecule has 3 atom stereocenters. The number of aryl methyl sites for hydroxylation is 1. The number of aromatic nitrogens is 1. The van der Waals surface area contributed by atoms with Crippen LogP contribution in [0.4, 0.5) is 0 Å². The molecule has 2 N–H and O–H groups in total. The Hall–Kier alpha value is -1.36. The highest BCUT2D eigenvalue weighted by Gasteiger charge is 2.49. The standard InChI is InChI=1S/C17H22N2O2/c1-19-9-12-6-15-17(21-2,7-11(10-20)8-18-15)13-4-3-5-14(19)16(12)13/h3-5,9,11,15,18,20H,6-8,10H2,1-2H3/t11?,15-,17+/m1/s1. The summed E-state index contributed by atoms with van der Waals surface area (Å²) in [6, 6.07) is 6.77. The van der Waals surface area contributed by atoms with Gasteiger partial charge in [-0.1, -0.05) is 12.1 Å². The van der Waals surface area contributed by atoms with E-state index in [2.05, 4.69) is 41.3 Å². The number of piperidine rings is 1. The molecule has 1 aromatic heterocycles. The topological polar surface area (TPSA) is 46.4 Å². The van der Waals surface area contributed by atoms with E-state index in [0.29, 0.717) is 0 Å². The first kappa shape index (κ1) is 13.3. The highest BCUT2D eigenvalue weighted by atomic mass is 16.5. The van der Waals surface area contributed by atoms with E-state index in [1.54, 1.807) is 7.11 Å². The first-order valence-electron chi connectivity index (χ1n) is 7.66. The molecule has 0 saturated carbocycles. The maximum Gasteiger partial charge on any atom is 0.109 e. The number of hydrogen-bond donors (Lipinski definition) is 2. The van der Waals surface area contributed by atoms with Gasteiger partial charge in [-0.3, -0.25) is 0 Å². The fraction of sp³-hybridized carbons (Fsp3) is 0.529. The number of hydrogen-bond acceptors (Lipinski definition) is 3. The van der Waals surface area contributed by atoms with Gasteiger partial charge in [0.25, 0.3) is 0 Å². The van der Waals surface area contributed by atoms with E-state index in [-0.39, 0.29) is 24.2 Å². The van der Waals surface area contributed by atoms with Crippen molar-refractivity contribution in [3.05, 3.63) is 35.5 Å². The van der Waals surface area contributed by atoms with Crippen molar-refractivity contribution in [2.24, 2.45) is 13.0 Å². The van der Waals surface area contributed by atoms with E-state index >= 15 is 0 Å². The number of nitrogens with zero attached hydrogens (tertiary/aromatic N) is 1. The normalized spacial score (nSPS) is 31.4. The highest BCUT2D eigenvalue weighted by molar-refractivity contribution is 5.89. The van der Waals surface area contributed by atoms with E-state index in [4.69, 9.17) is 4.74 Å². The number of nitrogens with one attached hydrogen (secondary N) is 1. The van der Waals surface area contributed by atoms with Gasteiger partial charge in [0.2, 0.25) is 0 Å². The smallest absolute Gasteiger partial charge is 0.109 e. The first-order chi connectivity index (χ1) is 10.2. The Morgan fingerprint density at radius 2 is 2.33 bits per heavy atom. The van der Waals surface area contributed by atoms with Crippen molar-refractivity contribution < 1.29 is 9.84 Å². The van der Waals surface area contributed by atoms with Crippen LogP contribution in [0, 0.1) is 5.92 Å². The summed E-state index contributed by atoms with van der Waals surface area (Å²) in [4.78, 5) is 0. The molecule has 4 rings (SSSR count). The van der Waals surface area contributed by atoms with Crippen LogP contribution in [0.3, 0.4) is 0 Å². The third-order valence-electron chi connectivity index (χ3n) is 5.40. The molecule has 112 valence electrons. The van der Waals surface area contributed by atoms with Gasteiger partial charge in [0.1, 0.15) is 5.60 Å². The van der Waals surface area contributed by atoms with Crippen LogP contribution < -0.4 is 5.32 Å². The lowest BCUT2D eigenvalue weighted by atomic mass is 9.69. The summed E-state index contributed by atoms with van der Waals surface area (Å²) in [6.45, 7) is 1.08. The Labute approximate surface area is 124 Å². The van der Waals surface area contributed by atoms with E-state index in [1.165, 1.54) is 22.0 Å². The monoisotopic (exact) mass is 286 g/mol. The zero-order valence-corrected chi connectivity index (χ0v) is 12.6. The second kappa shape index (κ2) is 4.57. The second-order valence-corrected chi connectivity index (χ2v) is 6.48. The fourth-order valence-electron chi connectivity index (χ4n) is 4.38. The number of methoxy groups -OCH3 is 1. The predicted molar refractivity (Wildman–Crippen MR) is 82.3 cm³/mol. The number of ether oxygens (including phenoxy) is 1. The summed E-state index contributed by atoms with van der Waals surface area (Å²) in [5, 5.41) is 14.5. The van der Waals surface area contributed by atoms with Gasteiger partial charge < -0.3 is 19.7 Å². The van der Waals surface area contributed by atoms with Crippen molar-refractivity contribution in [2.45, 2.75) is 24.5 Å². The number of aliphatic hydroxyl groups excluding tert-OH is 1. The lowest BCUT2D eigenvalue weighted by molar-refractivity contribution is -0.0884. The Morgan fingerprint density at radius 1 is 1.48 bits per heavy atom. The molecule has 2 aliphatic rings. The molecule has 4 heteroatoms. The molecule has 0 spiro atoms. The van der Waals surface area contributed by atoms with Crippen LogP contribution in [0.15, 0.2) is 24.4 Å². The van der Waals surface area contributed by atoms with Gasteiger partial charge in [-0.15, -0.1) is 0 Å². The minimum atomic E-state index is -0.320. The summed E-state index contributed by atoms with van der Waals surface area (Å²) in [6.07, 6.45) is 4.11. The molecular formula is C17H22N2O2. The first-order valence-corrected chi connectivity index (χ1v) is 7.66. The van der Waals surface area contributed by atoms with Crippen molar-refractivity contribution in [2.75, 3.05) is 20.3 Å². The van der Waals surface area contributed by atoms with E-state index in [1.807, 2.05) is 0 Å². The third kappa shape index (κ3) is 1.67. The van der Waals surface area contributed by atoms with Gasteiger partial charge in [-0.2, -0.15) is 0 Å². The van der Waals surface area contributed by atoms with Gasteiger partial charge in [-0.05, 0) is 36.0 Å². The molecular weight excluding hydrogens is 264 g/mol. The van der Waals surface area contributed by atoms with E-state index in [0.717, 1.165) is 19.4 Å². The largest absolute Gasteiger partial charge is 0.396 e. The minimum absolute atomic E-state index is 0.211. The molecule has 1 aliphatic heterocycles. The summed E-state index contributed by atoms with van der Waals surface area (Å²) >= 11 is 0. The predicted octanol–water partition coefficient (Wildman–Crippen LogP) is 1.55. The number of aliphatic hydroxyl groups is 1. The summed E-state index contributed by atoms with van der Waals surface area (Å²) in [5.74, 6) is 0.252. The number of benzene rings is 1. The minimum Gasteiger partial charge on any atom is -0.396 e. The lowest BCUT2D eigenvalue weighted by Crippen LogP contribution is -2.59. The Bertz CT molecular complexity index is 693. The van der Waals surface area contributed by atoms with Crippen molar-refractivity contribution in [3.63, 3.8) is 0 Å². The summed E-state index contributed by atoms with van der Waals surface area (Å²) in [7, 11) is 3.91.